The van der Waals surface area contributed by atoms with Crippen LogP contribution in [0, 0.1) is 0 Å². The Morgan fingerprint density at radius 1 is 1.19 bits per heavy atom. The topological polar surface area (TPSA) is 84.5 Å². The molecule has 1 amide bonds. The Balaban J connectivity index is 1.68. The predicted octanol–water partition coefficient (Wildman–Crippen LogP) is 3.61. The van der Waals surface area contributed by atoms with Crippen molar-refractivity contribution in [3.05, 3.63) is 53.1 Å². The quantitative estimate of drug-likeness (QED) is 0.721. The van der Waals surface area contributed by atoms with Gasteiger partial charge in [0.1, 0.15) is 5.75 Å². The largest absolute Gasteiger partial charge is 0.496 e. The molecule has 0 spiro atoms. The predicted molar refractivity (Wildman–Crippen MR) is 107 cm³/mol. The summed E-state index contributed by atoms with van der Waals surface area (Å²) in [7, 11) is -2.92. The number of rotatable bonds is 5. The van der Waals surface area contributed by atoms with E-state index in [9.17, 15) is 26.4 Å². The number of halogens is 3. The van der Waals surface area contributed by atoms with Gasteiger partial charge in [0.25, 0.3) is 10.0 Å². The number of methoxy groups -OCH3 is 1. The highest BCUT2D eigenvalue weighted by Crippen LogP contribution is 2.52. The van der Waals surface area contributed by atoms with E-state index >= 15 is 0 Å². The second-order valence-electron chi connectivity index (χ2n) is 7.74. The molecule has 0 atom stereocenters. The molecule has 1 heterocycles. The third-order valence-corrected chi connectivity index (χ3v) is 7.21. The van der Waals surface area contributed by atoms with E-state index in [4.69, 9.17) is 4.74 Å². The van der Waals surface area contributed by atoms with Gasteiger partial charge in [0.2, 0.25) is 5.91 Å². The minimum absolute atomic E-state index is 0.00245. The third-order valence-electron chi connectivity index (χ3n) is 5.80. The van der Waals surface area contributed by atoms with E-state index in [1.807, 2.05) is 0 Å². The number of sulfonamides is 1. The van der Waals surface area contributed by atoms with Crippen LogP contribution >= 0.6 is 0 Å². The van der Waals surface area contributed by atoms with Crippen molar-refractivity contribution >= 4 is 21.6 Å². The Morgan fingerprint density at radius 2 is 1.94 bits per heavy atom. The van der Waals surface area contributed by atoms with Gasteiger partial charge in [-0.25, -0.2) is 13.1 Å². The van der Waals surface area contributed by atoms with Crippen molar-refractivity contribution in [1.29, 1.82) is 0 Å². The number of fused-ring (bicyclic) bond motifs is 1. The van der Waals surface area contributed by atoms with Gasteiger partial charge in [0.15, 0.2) is 0 Å². The molecule has 0 unspecified atom stereocenters. The fourth-order valence-corrected chi connectivity index (χ4v) is 5.35. The number of amides is 1. The second kappa shape index (κ2) is 7.44. The van der Waals surface area contributed by atoms with E-state index in [1.54, 1.807) is 12.1 Å². The molecule has 10 heteroatoms. The summed E-state index contributed by atoms with van der Waals surface area (Å²) in [6.45, 7) is 0.724. The summed E-state index contributed by atoms with van der Waals surface area (Å²) in [5.74, 6) is -0.745. The van der Waals surface area contributed by atoms with Gasteiger partial charge in [0.05, 0.1) is 23.0 Å². The van der Waals surface area contributed by atoms with E-state index in [0.717, 1.165) is 31.2 Å². The number of ether oxygens (including phenoxy) is 1. The summed E-state index contributed by atoms with van der Waals surface area (Å²) in [4.78, 5) is 13.1. The van der Waals surface area contributed by atoms with Gasteiger partial charge >= 0.3 is 6.18 Å². The molecule has 1 saturated carbocycles. The molecule has 166 valence electrons. The Morgan fingerprint density at radius 3 is 2.58 bits per heavy atom. The molecule has 4 rings (SSSR count). The highest BCUT2D eigenvalue weighted by molar-refractivity contribution is 7.90. The number of hydrogen-bond donors (Lipinski definition) is 2. The number of benzene rings is 2. The lowest BCUT2D eigenvalue weighted by Crippen LogP contribution is -2.39. The summed E-state index contributed by atoms with van der Waals surface area (Å²) in [6, 6.07) is 7.66. The Hall–Kier alpha value is -2.75. The molecule has 0 radical (unpaired) electrons. The zero-order chi connectivity index (χ0) is 22.4. The maximum atomic E-state index is 13.2. The van der Waals surface area contributed by atoms with E-state index < -0.39 is 33.1 Å². The molecule has 1 aliphatic heterocycles. The molecule has 0 saturated heterocycles. The van der Waals surface area contributed by atoms with Crippen LogP contribution in [0.4, 0.5) is 18.9 Å². The van der Waals surface area contributed by atoms with Crippen LogP contribution in [-0.2, 0) is 32.8 Å². The van der Waals surface area contributed by atoms with Crippen LogP contribution in [-0.4, -0.2) is 28.0 Å². The molecule has 2 aromatic carbocycles. The van der Waals surface area contributed by atoms with Gasteiger partial charge in [-0.3, -0.25) is 4.79 Å². The van der Waals surface area contributed by atoms with E-state index in [0.29, 0.717) is 17.7 Å². The molecule has 1 fully saturated rings. The van der Waals surface area contributed by atoms with Crippen molar-refractivity contribution in [2.45, 2.75) is 42.2 Å². The van der Waals surface area contributed by atoms with Crippen molar-refractivity contribution < 1.29 is 31.1 Å². The molecule has 0 bridgehead atoms. The fourth-order valence-electron chi connectivity index (χ4n) is 4.01. The summed E-state index contributed by atoms with van der Waals surface area (Å²) >= 11 is 0. The fraction of sp³-hybridized carbons (Fsp3) is 0.381. The summed E-state index contributed by atoms with van der Waals surface area (Å²) in [5.41, 5.74) is -0.979. The zero-order valence-corrected chi connectivity index (χ0v) is 17.5. The minimum Gasteiger partial charge on any atom is -0.496 e. The summed E-state index contributed by atoms with van der Waals surface area (Å²) in [6.07, 6.45) is -2.87. The molecule has 31 heavy (non-hydrogen) atoms. The first kappa shape index (κ1) is 21.5. The lowest BCUT2D eigenvalue weighted by molar-refractivity contribution is -0.137. The average molecular weight is 454 g/mol. The van der Waals surface area contributed by atoms with Gasteiger partial charge in [-0.1, -0.05) is 6.07 Å². The molecular weight excluding hydrogens is 433 g/mol. The standard InChI is InChI=1S/C21H21F3N2O4S/c1-30-17-8-7-13(21(22,23)24)12-15(17)20(9-10-20)19(27)26-31(28,29)18-6-2-5-16-14(18)4-3-11-25-16/h2,5-8,12,25H,3-4,9-11H2,1H3,(H,26,27). The van der Waals surface area contributed by atoms with Crippen LogP contribution in [0.1, 0.15) is 36.0 Å². The highest BCUT2D eigenvalue weighted by atomic mass is 32.2. The van der Waals surface area contributed by atoms with E-state index in [1.165, 1.54) is 13.2 Å². The minimum atomic E-state index is -4.60. The summed E-state index contributed by atoms with van der Waals surface area (Å²) < 4.78 is 73.0. The first-order valence-electron chi connectivity index (χ1n) is 9.77. The number of nitrogens with one attached hydrogen (secondary N) is 2. The molecule has 1 aliphatic carbocycles. The van der Waals surface area contributed by atoms with Crippen molar-refractivity contribution in [2.75, 3.05) is 19.0 Å². The molecule has 2 aliphatic rings. The normalized spacial score (nSPS) is 17.3. The smallest absolute Gasteiger partial charge is 0.416 e. The molecule has 6 nitrogen and oxygen atoms in total. The van der Waals surface area contributed by atoms with Gasteiger partial charge in [-0.15, -0.1) is 0 Å². The van der Waals surface area contributed by atoms with Crippen molar-refractivity contribution in [2.24, 2.45) is 0 Å². The third kappa shape index (κ3) is 3.84. The number of carbonyl (C=O) groups excluding carboxylic acids is 1. The maximum absolute atomic E-state index is 13.2. The van der Waals surface area contributed by atoms with Crippen LogP contribution in [0.15, 0.2) is 41.3 Å². The number of carbonyl (C=O) groups is 1. The van der Waals surface area contributed by atoms with Crippen LogP contribution in [0.5, 0.6) is 5.75 Å². The number of alkyl halides is 3. The summed E-state index contributed by atoms with van der Waals surface area (Å²) in [5, 5.41) is 3.13. The maximum Gasteiger partial charge on any atom is 0.416 e. The average Bonchev–Trinajstić information content (AvgIpc) is 3.54. The second-order valence-corrected chi connectivity index (χ2v) is 9.39. The van der Waals surface area contributed by atoms with E-state index in [-0.39, 0.29) is 29.1 Å². The van der Waals surface area contributed by atoms with Crippen LogP contribution < -0.4 is 14.8 Å². The van der Waals surface area contributed by atoms with Gasteiger partial charge < -0.3 is 10.1 Å². The Bertz CT molecular complexity index is 1140. The first-order valence-corrected chi connectivity index (χ1v) is 11.3. The Kier molecular flexibility index (Phi) is 5.15. The van der Waals surface area contributed by atoms with Gasteiger partial charge in [0, 0.05) is 17.8 Å². The SMILES string of the molecule is COc1ccc(C(F)(F)F)cc1C1(C(=O)NS(=O)(=O)c2cccc3c2CCCN3)CC1. The molecule has 2 aromatic rings. The number of hydrogen-bond acceptors (Lipinski definition) is 5. The van der Waals surface area contributed by atoms with Crippen molar-refractivity contribution in [1.82, 2.24) is 4.72 Å². The molecule has 2 N–H and O–H groups in total. The van der Waals surface area contributed by atoms with Gasteiger partial charge in [-0.2, -0.15) is 13.2 Å². The van der Waals surface area contributed by atoms with Crippen LogP contribution in [0.2, 0.25) is 0 Å². The first-order chi connectivity index (χ1) is 14.6. The van der Waals surface area contributed by atoms with Crippen LogP contribution in [0.3, 0.4) is 0 Å². The molecular formula is C21H21F3N2O4S. The monoisotopic (exact) mass is 454 g/mol. The lowest BCUT2D eigenvalue weighted by Gasteiger charge is -2.23. The molecule has 0 aromatic heterocycles. The highest BCUT2D eigenvalue weighted by Gasteiger charge is 2.54. The van der Waals surface area contributed by atoms with Crippen molar-refractivity contribution in [3.8, 4) is 5.75 Å². The Labute approximate surface area is 177 Å². The van der Waals surface area contributed by atoms with Crippen molar-refractivity contribution in [3.63, 3.8) is 0 Å². The van der Waals surface area contributed by atoms with Gasteiger partial charge in [-0.05, 0) is 61.6 Å². The number of anilines is 1. The van der Waals surface area contributed by atoms with E-state index in [2.05, 4.69) is 10.0 Å². The zero-order valence-electron chi connectivity index (χ0n) is 16.7. The van der Waals surface area contributed by atoms with Crippen LogP contribution in [0.25, 0.3) is 0 Å². The lowest BCUT2D eigenvalue weighted by atomic mass is 9.92.